The number of fused-ring (bicyclic) bond motifs is 5. The van der Waals surface area contributed by atoms with Crippen LogP contribution in [0.5, 0.6) is 0 Å². The zero-order valence-corrected chi connectivity index (χ0v) is 64.8. The quantitative estimate of drug-likeness (QED) is 0.0909. The number of aromatic nitrogens is 3. The number of thiol groups is 2. The van der Waals surface area contributed by atoms with Crippen LogP contribution in [-0.4, -0.2) is 91.9 Å². The second kappa shape index (κ2) is 33.7. The Bertz CT molecular complexity index is 3410. The van der Waals surface area contributed by atoms with E-state index in [1.54, 1.807) is 22.3 Å². The largest absolute Gasteiger partial charge is 0.375 e. The van der Waals surface area contributed by atoms with Crippen molar-refractivity contribution >= 4 is 78.1 Å². The molecule has 11 aliphatic rings. The molecule has 0 N–H and O–H groups in total. The van der Waals surface area contributed by atoms with Crippen LogP contribution in [0.15, 0.2) is 146 Å². The molecular weight excluding hydrogens is 1340 g/mol. The van der Waals surface area contributed by atoms with Gasteiger partial charge in [-0.25, -0.2) is 0 Å². The van der Waals surface area contributed by atoms with E-state index in [0.717, 1.165) is 87.3 Å². The molecule has 8 fully saturated rings. The van der Waals surface area contributed by atoms with Crippen molar-refractivity contribution in [2.24, 2.45) is 0 Å². The molecule has 6 aliphatic carbocycles. The zero-order valence-electron chi connectivity index (χ0n) is 59.8. The van der Waals surface area contributed by atoms with E-state index < -0.39 is 0 Å². The molecule has 0 radical (unpaired) electrons. The SMILES string of the molecule is O=C1CC[C@H](CCC[C@@]2(c3ccccn3)CCOC3(CCCC3)C2)c2ccccc21.SCCS.c1ccc([C@]2(CCC[C@H]3CCC4(SCCS4)c4ccccc43)CCOC3(CCCC3)C2)nc1.c1ccc([C@]2(CCC[C@H]3CCC4(SCCS4)c4ccccc43)CCOC3(CCCC3)C2)nc1. The van der Waals surface area contributed by atoms with Crippen LogP contribution in [0, 0.1) is 0 Å². The molecule has 0 bridgehead atoms. The van der Waals surface area contributed by atoms with E-state index in [9.17, 15) is 4.79 Å². The third kappa shape index (κ3) is 16.3. The number of ketones is 1. The van der Waals surface area contributed by atoms with Crippen LogP contribution in [0.25, 0.3) is 0 Å². The molecule has 536 valence electrons. The summed E-state index contributed by atoms with van der Waals surface area (Å²) < 4.78 is 20.0. The number of thioether (sulfide) groups is 4. The number of Topliss-reactive ketones (excluding diaryl/α,β-unsaturated/α-hetero) is 1. The highest BCUT2D eigenvalue weighted by molar-refractivity contribution is 8.21. The van der Waals surface area contributed by atoms with E-state index in [2.05, 4.69) is 181 Å². The van der Waals surface area contributed by atoms with Crippen LogP contribution in [0.3, 0.4) is 0 Å². The molecule has 5 saturated heterocycles. The molecule has 6 aromatic rings. The van der Waals surface area contributed by atoms with Crippen molar-refractivity contribution in [3.05, 3.63) is 196 Å². The normalized spacial score (nSPS) is 28.5. The van der Waals surface area contributed by atoms with Crippen LogP contribution in [0.2, 0.25) is 0 Å². The number of carbonyl (C=O) groups excluding carboxylic acids is 1. The maximum atomic E-state index is 12.3. The van der Waals surface area contributed by atoms with Crippen LogP contribution in [0.1, 0.15) is 285 Å². The molecule has 0 unspecified atom stereocenters. The van der Waals surface area contributed by atoms with Crippen molar-refractivity contribution in [3.63, 3.8) is 0 Å². The Hall–Kier alpha value is -3.24. The summed E-state index contributed by atoms with van der Waals surface area (Å²) in [5.74, 6) is 9.25. The molecule has 17 rings (SSSR count). The molecule has 6 atom stereocenters. The van der Waals surface area contributed by atoms with E-state index in [4.69, 9.17) is 29.2 Å². The number of hydrogen-bond acceptors (Lipinski definition) is 13. The van der Waals surface area contributed by atoms with Gasteiger partial charge < -0.3 is 14.2 Å². The second-order valence-electron chi connectivity index (χ2n) is 31.9. The molecule has 100 heavy (non-hydrogen) atoms. The van der Waals surface area contributed by atoms with Gasteiger partial charge in [0.2, 0.25) is 0 Å². The van der Waals surface area contributed by atoms with Gasteiger partial charge in [0.05, 0.1) is 25.0 Å². The summed E-state index contributed by atoms with van der Waals surface area (Å²) >= 11 is 16.5. The predicted octanol–water partition coefficient (Wildman–Crippen LogP) is 22.9. The van der Waals surface area contributed by atoms with Crippen molar-refractivity contribution in [2.75, 3.05) is 54.3 Å². The minimum Gasteiger partial charge on any atom is -0.375 e. The fourth-order valence-corrected chi connectivity index (χ4v) is 28.0. The molecule has 5 aliphatic heterocycles. The first-order valence-electron chi connectivity index (χ1n) is 39.3. The smallest absolute Gasteiger partial charge is 0.163 e. The van der Waals surface area contributed by atoms with Crippen LogP contribution in [-0.2, 0) is 38.6 Å². The summed E-state index contributed by atoms with van der Waals surface area (Å²) in [6.07, 6.45) is 46.4. The molecule has 7 nitrogen and oxygen atoms in total. The van der Waals surface area contributed by atoms with Crippen molar-refractivity contribution in [3.8, 4) is 0 Å². The van der Waals surface area contributed by atoms with Gasteiger partial charge in [-0.1, -0.05) is 149 Å². The summed E-state index contributed by atoms with van der Waals surface area (Å²) in [6.45, 7) is 2.66. The van der Waals surface area contributed by atoms with Crippen molar-refractivity contribution in [1.82, 2.24) is 15.0 Å². The lowest BCUT2D eigenvalue weighted by Crippen LogP contribution is -2.46. The van der Waals surface area contributed by atoms with Gasteiger partial charge in [-0.2, -0.15) is 25.3 Å². The summed E-state index contributed by atoms with van der Waals surface area (Å²) in [6, 6.07) is 46.6. The average molecular weight is 1460 g/mol. The topological polar surface area (TPSA) is 83.4 Å². The third-order valence-corrected chi connectivity index (χ3v) is 34.0. The highest BCUT2D eigenvalue weighted by atomic mass is 32.2. The van der Waals surface area contributed by atoms with Gasteiger partial charge in [-0.3, -0.25) is 19.7 Å². The monoisotopic (exact) mass is 1460 g/mol. The fraction of sp³-hybridized carbons (Fsp3) is 0.609. The van der Waals surface area contributed by atoms with Gasteiger partial charge in [0, 0.05) is 107 Å². The summed E-state index contributed by atoms with van der Waals surface area (Å²) in [4.78, 5) is 27.0. The lowest BCUT2D eigenvalue weighted by Gasteiger charge is -2.47. The maximum Gasteiger partial charge on any atom is 0.163 e. The minimum absolute atomic E-state index is 0.0830. The number of carbonyl (C=O) groups is 1. The molecule has 5 spiro atoms. The fourth-order valence-electron chi connectivity index (χ4n) is 21.3. The molecule has 3 aromatic carbocycles. The molecule has 3 aromatic heterocycles. The third-order valence-electron chi connectivity index (χ3n) is 26.0. The van der Waals surface area contributed by atoms with E-state index in [1.165, 1.54) is 213 Å². The number of nitrogens with zero attached hydrogens (tertiary/aromatic N) is 3. The van der Waals surface area contributed by atoms with E-state index >= 15 is 0 Å². The molecule has 13 heteroatoms. The number of benzene rings is 3. The minimum atomic E-state index is 0.0830. The van der Waals surface area contributed by atoms with Gasteiger partial charge in [0.15, 0.2) is 5.78 Å². The van der Waals surface area contributed by atoms with Gasteiger partial charge in [0.1, 0.15) is 0 Å². The molecule has 8 heterocycles. The number of ether oxygens (including phenoxy) is 3. The Morgan fingerprint density at radius 1 is 0.390 bits per heavy atom. The standard InChI is InChI=1S/2C29H37NOS2.C27H33NO2.C2H6S2/c2*1-2-10-25-24(9-1)23(12-16-29(25)32-20-21-33-29)8-7-13-27(26-11-3-6-18-30-26)17-19-31-28(22-27)14-4-5-15-28;29-24-13-12-21(22-9-1-2-10-23(22)24)8-7-14-26(25-11-3-6-18-28-25)17-19-30-27(20-26)15-4-5-16-27;3-1-2-4/h2*1-3,6,9-11,18,23H,4-5,7-8,12-17,19-22H2;1-3,6,9-11,18,21H,4-5,7-8,12-17,19-20H2;3-4H,1-2H2/t2*23-,27+;21-,26+;/m000./s1. The van der Waals surface area contributed by atoms with Gasteiger partial charge in [-0.15, -0.1) is 47.0 Å². The predicted molar refractivity (Wildman–Crippen MR) is 429 cm³/mol. The molecule has 0 amide bonds. The average Bonchev–Trinajstić information content (AvgIpc) is 1.46. The summed E-state index contributed by atoms with van der Waals surface area (Å²) in [5, 5.41) is 0. The highest BCUT2D eigenvalue weighted by Gasteiger charge is 2.53. The molecule has 3 saturated carbocycles. The van der Waals surface area contributed by atoms with Crippen LogP contribution >= 0.6 is 72.3 Å². The van der Waals surface area contributed by atoms with E-state index in [0.29, 0.717) is 26.3 Å². The highest BCUT2D eigenvalue weighted by Crippen LogP contribution is 2.63. The van der Waals surface area contributed by atoms with Gasteiger partial charge >= 0.3 is 0 Å². The number of pyridine rings is 3. The Labute approximate surface area is 628 Å². The van der Waals surface area contributed by atoms with Gasteiger partial charge in [-0.05, 0) is 241 Å². The van der Waals surface area contributed by atoms with Crippen LogP contribution in [0.4, 0.5) is 0 Å². The van der Waals surface area contributed by atoms with Crippen molar-refractivity contribution < 1.29 is 19.0 Å². The second-order valence-corrected chi connectivity index (χ2v) is 38.9. The van der Waals surface area contributed by atoms with Crippen molar-refractivity contribution in [1.29, 1.82) is 0 Å². The zero-order chi connectivity index (χ0) is 68.2. The first-order chi connectivity index (χ1) is 49.1. The first kappa shape index (κ1) is 73.7. The molecular formula is C87H113N3O4S6. The lowest BCUT2D eigenvalue weighted by molar-refractivity contribution is -0.105. The first-order valence-corrected chi connectivity index (χ1v) is 44.5. The number of hydrogen-bond donors (Lipinski definition) is 2. The summed E-state index contributed by atoms with van der Waals surface area (Å²) in [7, 11) is 0. The van der Waals surface area contributed by atoms with Gasteiger partial charge in [0.25, 0.3) is 0 Å². The van der Waals surface area contributed by atoms with E-state index in [1.807, 2.05) is 36.8 Å². The maximum absolute atomic E-state index is 12.3. The Morgan fingerprint density at radius 3 is 1.09 bits per heavy atom. The van der Waals surface area contributed by atoms with Crippen LogP contribution < -0.4 is 0 Å². The Morgan fingerprint density at radius 2 is 0.730 bits per heavy atom. The van der Waals surface area contributed by atoms with E-state index in [-0.39, 0.29) is 33.0 Å². The summed E-state index contributed by atoms with van der Waals surface area (Å²) in [5.41, 5.74) is 13.6. The lowest BCUT2D eigenvalue weighted by atomic mass is 9.66. The number of rotatable bonds is 16. The Kier molecular flexibility index (Phi) is 24.8. The Balaban J connectivity index is 0.000000124. The van der Waals surface area contributed by atoms with Crippen molar-refractivity contribution in [2.45, 2.75) is 271 Å².